The normalized spacial score (nSPS) is 11.4. The minimum Gasteiger partial charge on any atom is -0.326 e. The molecule has 0 radical (unpaired) electrons. The quantitative estimate of drug-likeness (QED) is 0.942. The van der Waals surface area contributed by atoms with Crippen LogP contribution in [0.5, 0.6) is 0 Å². The zero-order chi connectivity index (χ0) is 15.6. The highest BCUT2D eigenvalue weighted by atomic mass is 32.2. The molecule has 0 saturated carbocycles. The summed E-state index contributed by atoms with van der Waals surface area (Å²) < 4.78 is 52.3. The van der Waals surface area contributed by atoms with E-state index in [9.17, 15) is 17.2 Å². The van der Waals surface area contributed by atoms with Crippen LogP contribution in [0, 0.1) is 11.6 Å². The summed E-state index contributed by atoms with van der Waals surface area (Å²) in [4.78, 5) is -0.197. The molecule has 0 unspecified atom stereocenters. The van der Waals surface area contributed by atoms with E-state index < -0.39 is 21.7 Å². The van der Waals surface area contributed by atoms with E-state index in [1.165, 1.54) is 25.2 Å². The molecule has 0 amide bonds. The summed E-state index contributed by atoms with van der Waals surface area (Å²) in [6.45, 7) is -0.0356. The highest BCUT2D eigenvalue weighted by Crippen LogP contribution is 2.25. The van der Waals surface area contributed by atoms with Crippen LogP contribution in [0.3, 0.4) is 0 Å². The van der Waals surface area contributed by atoms with Crippen LogP contribution in [0.15, 0.2) is 47.4 Å². The van der Waals surface area contributed by atoms with E-state index >= 15 is 0 Å². The zero-order valence-electron chi connectivity index (χ0n) is 11.3. The fraction of sp³-hybridized carbons (Fsp3) is 0.143. The van der Waals surface area contributed by atoms with Gasteiger partial charge < -0.3 is 5.73 Å². The molecule has 2 aromatic rings. The van der Waals surface area contributed by atoms with Crippen LogP contribution in [-0.4, -0.2) is 15.5 Å². The first kappa shape index (κ1) is 15.4. The van der Waals surface area contributed by atoms with Gasteiger partial charge in [0.2, 0.25) is 0 Å². The van der Waals surface area contributed by atoms with E-state index in [0.717, 1.165) is 28.6 Å². The molecule has 112 valence electrons. The van der Waals surface area contributed by atoms with Crippen LogP contribution in [0.4, 0.5) is 14.5 Å². The average Bonchev–Trinajstić information content (AvgIpc) is 2.47. The van der Waals surface area contributed by atoms with Crippen molar-refractivity contribution in [2.75, 3.05) is 11.4 Å². The van der Waals surface area contributed by atoms with Gasteiger partial charge in [-0.15, -0.1) is 0 Å². The highest BCUT2D eigenvalue weighted by Gasteiger charge is 2.24. The number of hydrogen-bond acceptors (Lipinski definition) is 3. The van der Waals surface area contributed by atoms with E-state index in [-0.39, 0.29) is 17.1 Å². The molecule has 2 rings (SSSR count). The van der Waals surface area contributed by atoms with Crippen LogP contribution in [0.25, 0.3) is 0 Å². The fourth-order valence-corrected chi connectivity index (χ4v) is 3.31. The van der Waals surface area contributed by atoms with Gasteiger partial charge in [0.1, 0.15) is 11.6 Å². The second-order valence-electron chi connectivity index (χ2n) is 4.41. The van der Waals surface area contributed by atoms with Gasteiger partial charge in [-0.25, -0.2) is 17.2 Å². The standard InChI is InChI=1S/C14H14F2N2O2S/c1-18(13-6-4-11(15)5-7-13)21(19,20)14-8-12(16)3-2-10(14)9-17/h2-8H,9,17H2,1H3. The van der Waals surface area contributed by atoms with Crippen molar-refractivity contribution in [2.45, 2.75) is 11.4 Å². The largest absolute Gasteiger partial charge is 0.326 e. The third-order valence-corrected chi connectivity index (χ3v) is 4.95. The first-order valence-electron chi connectivity index (χ1n) is 6.09. The molecule has 2 N–H and O–H groups in total. The summed E-state index contributed by atoms with van der Waals surface area (Å²) in [6, 6.07) is 8.37. The maximum atomic E-state index is 13.4. The Labute approximate surface area is 121 Å². The van der Waals surface area contributed by atoms with Gasteiger partial charge in [-0.05, 0) is 42.0 Å². The SMILES string of the molecule is CN(c1ccc(F)cc1)S(=O)(=O)c1cc(F)ccc1CN. The molecule has 4 nitrogen and oxygen atoms in total. The molecule has 0 aliphatic heterocycles. The summed E-state index contributed by atoms with van der Waals surface area (Å²) in [5.41, 5.74) is 6.08. The van der Waals surface area contributed by atoms with Crippen LogP contribution >= 0.6 is 0 Å². The molecule has 21 heavy (non-hydrogen) atoms. The van der Waals surface area contributed by atoms with E-state index in [4.69, 9.17) is 5.73 Å². The van der Waals surface area contributed by atoms with E-state index in [0.29, 0.717) is 5.56 Å². The molecule has 0 aliphatic rings. The van der Waals surface area contributed by atoms with Crippen molar-refractivity contribution in [3.05, 3.63) is 59.7 Å². The third-order valence-electron chi connectivity index (χ3n) is 3.08. The molecule has 2 aromatic carbocycles. The Morgan fingerprint density at radius 3 is 2.19 bits per heavy atom. The molecule has 0 saturated heterocycles. The minimum absolute atomic E-state index is 0.0356. The zero-order valence-corrected chi connectivity index (χ0v) is 12.1. The van der Waals surface area contributed by atoms with Gasteiger partial charge in [0, 0.05) is 13.6 Å². The van der Waals surface area contributed by atoms with Gasteiger partial charge in [-0.1, -0.05) is 6.07 Å². The van der Waals surface area contributed by atoms with Crippen molar-refractivity contribution in [1.29, 1.82) is 0 Å². The second-order valence-corrected chi connectivity index (χ2v) is 6.34. The summed E-state index contributed by atoms with van der Waals surface area (Å²) in [5, 5.41) is 0. The predicted octanol–water partition coefficient (Wildman–Crippen LogP) is 2.25. The lowest BCUT2D eigenvalue weighted by atomic mass is 10.2. The Morgan fingerprint density at radius 2 is 1.62 bits per heavy atom. The van der Waals surface area contributed by atoms with Gasteiger partial charge in [0.05, 0.1) is 10.6 Å². The van der Waals surface area contributed by atoms with Crippen LogP contribution in [-0.2, 0) is 16.6 Å². The first-order valence-corrected chi connectivity index (χ1v) is 7.53. The Bertz CT molecular complexity index is 746. The lowest BCUT2D eigenvalue weighted by molar-refractivity contribution is 0.587. The van der Waals surface area contributed by atoms with Gasteiger partial charge in [0.15, 0.2) is 0 Å². The molecule has 0 atom stereocenters. The number of rotatable bonds is 4. The number of benzene rings is 2. The number of hydrogen-bond donors (Lipinski definition) is 1. The van der Waals surface area contributed by atoms with Crippen molar-refractivity contribution in [3.8, 4) is 0 Å². The van der Waals surface area contributed by atoms with E-state index in [1.807, 2.05) is 0 Å². The summed E-state index contributed by atoms with van der Waals surface area (Å²) in [7, 11) is -2.67. The maximum absolute atomic E-state index is 13.4. The van der Waals surface area contributed by atoms with Crippen LogP contribution in [0.2, 0.25) is 0 Å². The van der Waals surface area contributed by atoms with Crippen molar-refractivity contribution >= 4 is 15.7 Å². The molecule has 0 spiro atoms. The molecule has 0 aromatic heterocycles. The van der Waals surface area contributed by atoms with E-state index in [1.54, 1.807) is 0 Å². The number of sulfonamides is 1. The van der Waals surface area contributed by atoms with Gasteiger partial charge in [0.25, 0.3) is 10.0 Å². The lowest BCUT2D eigenvalue weighted by Crippen LogP contribution is -2.28. The molecular formula is C14H14F2N2O2S. The van der Waals surface area contributed by atoms with Gasteiger partial charge in [-0.3, -0.25) is 4.31 Å². The van der Waals surface area contributed by atoms with Crippen molar-refractivity contribution in [1.82, 2.24) is 0 Å². The van der Waals surface area contributed by atoms with Gasteiger partial charge in [-0.2, -0.15) is 0 Å². The van der Waals surface area contributed by atoms with Gasteiger partial charge >= 0.3 is 0 Å². The lowest BCUT2D eigenvalue weighted by Gasteiger charge is -2.21. The monoisotopic (exact) mass is 312 g/mol. The smallest absolute Gasteiger partial charge is 0.264 e. The highest BCUT2D eigenvalue weighted by molar-refractivity contribution is 7.92. The third kappa shape index (κ3) is 3.03. The Kier molecular flexibility index (Phi) is 4.24. The summed E-state index contributed by atoms with van der Waals surface area (Å²) in [6.07, 6.45) is 0. The Balaban J connectivity index is 2.51. The molecule has 0 heterocycles. The number of anilines is 1. The molecule has 0 fully saturated rings. The summed E-state index contributed by atoms with van der Waals surface area (Å²) in [5.74, 6) is -1.14. The predicted molar refractivity (Wildman–Crippen MR) is 76.3 cm³/mol. The molecule has 7 heteroatoms. The Hall–Kier alpha value is -1.99. The maximum Gasteiger partial charge on any atom is 0.264 e. The number of nitrogens with two attached hydrogens (primary N) is 1. The first-order chi connectivity index (χ1) is 9.86. The van der Waals surface area contributed by atoms with E-state index in [2.05, 4.69) is 0 Å². The number of halogens is 2. The molecule has 0 bridgehead atoms. The van der Waals surface area contributed by atoms with Crippen molar-refractivity contribution in [3.63, 3.8) is 0 Å². The van der Waals surface area contributed by atoms with Crippen molar-refractivity contribution in [2.24, 2.45) is 5.73 Å². The number of nitrogens with zero attached hydrogens (tertiary/aromatic N) is 1. The topological polar surface area (TPSA) is 63.4 Å². The summed E-state index contributed by atoms with van der Waals surface area (Å²) >= 11 is 0. The molecule has 0 aliphatic carbocycles. The minimum atomic E-state index is -3.98. The molecular weight excluding hydrogens is 298 g/mol. The average molecular weight is 312 g/mol. The van der Waals surface area contributed by atoms with Crippen LogP contribution < -0.4 is 10.0 Å². The Morgan fingerprint density at radius 1 is 1.05 bits per heavy atom. The van der Waals surface area contributed by atoms with Crippen LogP contribution in [0.1, 0.15) is 5.56 Å². The van der Waals surface area contributed by atoms with Crippen molar-refractivity contribution < 1.29 is 17.2 Å². The second kappa shape index (κ2) is 5.79. The fourth-order valence-electron chi connectivity index (χ4n) is 1.87.